The number of fused-ring (bicyclic) bond motifs is 1. The lowest BCUT2D eigenvalue weighted by Crippen LogP contribution is -2.43. The van der Waals surface area contributed by atoms with Crippen molar-refractivity contribution in [3.05, 3.63) is 102 Å². The van der Waals surface area contributed by atoms with Crippen molar-refractivity contribution in [1.29, 1.82) is 0 Å². The molecule has 0 saturated carbocycles. The molecule has 3 heteroatoms. The molecule has 3 aromatic carbocycles. The van der Waals surface area contributed by atoms with E-state index in [0.717, 1.165) is 22.4 Å². The highest BCUT2D eigenvalue weighted by Gasteiger charge is 2.56. The van der Waals surface area contributed by atoms with Gasteiger partial charge in [-0.05, 0) is 36.6 Å². The Morgan fingerprint density at radius 1 is 0.889 bits per heavy atom. The van der Waals surface area contributed by atoms with Crippen molar-refractivity contribution in [3.8, 4) is 0 Å². The lowest BCUT2D eigenvalue weighted by atomic mass is 9.69. The van der Waals surface area contributed by atoms with E-state index in [1.807, 2.05) is 86.6 Å². The van der Waals surface area contributed by atoms with E-state index in [9.17, 15) is 4.79 Å². The van der Waals surface area contributed by atoms with Crippen molar-refractivity contribution in [3.63, 3.8) is 0 Å². The molecule has 1 aliphatic heterocycles. The van der Waals surface area contributed by atoms with E-state index in [-0.39, 0.29) is 18.1 Å². The fourth-order valence-corrected chi connectivity index (χ4v) is 4.03. The van der Waals surface area contributed by atoms with Gasteiger partial charge in [-0.25, -0.2) is 0 Å². The van der Waals surface area contributed by atoms with Crippen LogP contribution in [0, 0.1) is 0 Å². The molecule has 0 radical (unpaired) electrons. The Morgan fingerprint density at radius 2 is 1.48 bits per heavy atom. The first-order valence-corrected chi connectivity index (χ1v) is 9.31. The fraction of sp³-hybridized carbons (Fsp3) is 0.208. The van der Waals surface area contributed by atoms with Gasteiger partial charge in [-0.2, -0.15) is 0 Å². The van der Waals surface area contributed by atoms with Crippen molar-refractivity contribution in [2.45, 2.75) is 31.4 Å². The van der Waals surface area contributed by atoms with Crippen LogP contribution in [0.3, 0.4) is 0 Å². The highest BCUT2D eigenvalue weighted by molar-refractivity contribution is 5.94. The summed E-state index contributed by atoms with van der Waals surface area (Å²) in [7, 11) is 0. The number of ether oxygens (including phenoxy) is 1. The summed E-state index contributed by atoms with van der Waals surface area (Å²) in [5, 5.41) is 3.59. The molecule has 1 aliphatic rings. The topological polar surface area (TPSA) is 38.3 Å². The Hall–Kier alpha value is -3.07. The van der Waals surface area contributed by atoms with Gasteiger partial charge in [0.2, 0.25) is 0 Å². The minimum Gasteiger partial charge on any atom is -0.462 e. The largest absolute Gasteiger partial charge is 0.462 e. The van der Waals surface area contributed by atoms with Crippen LogP contribution in [0.2, 0.25) is 0 Å². The second kappa shape index (κ2) is 6.92. The normalized spacial score (nSPS) is 20.8. The average Bonchev–Trinajstić information content (AvgIpc) is 3.05. The summed E-state index contributed by atoms with van der Waals surface area (Å²) in [5.41, 5.74) is 2.97. The second-order valence-corrected chi connectivity index (χ2v) is 7.16. The van der Waals surface area contributed by atoms with Crippen LogP contribution in [0.15, 0.2) is 84.9 Å². The van der Waals surface area contributed by atoms with Crippen LogP contribution in [0.1, 0.15) is 36.6 Å². The third-order valence-electron chi connectivity index (χ3n) is 5.11. The van der Waals surface area contributed by atoms with Gasteiger partial charge >= 0.3 is 5.97 Å². The summed E-state index contributed by atoms with van der Waals surface area (Å²) in [4.78, 5) is 13.7. The molecule has 1 heterocycles. The van der Waals surface area contributed by atoms with Crippen LogP contribution in [0.4, 0.5) is 5.69 Å². The maximum Gasteiger partial charge on any atom is 0.323 e. The molecule has 2 atom stereocenters. The summed E-state index contributed by atoms with van der Waals surface area (Å²) in [6, 6.07) is 27.8. The molecule has 4 rings (SSSR count). The predicted molar refractivity (Wildman–Crippen MR) is 108 cm³/mol. The summed E-state index contributed by atoms with van der Waals surface area (Å²) < 4.78 is 5.82. The maximum atomic E-state index is 13.7. The number of carbonyl (C=O) groups excluding carboxylic acids is 1. The van der Waals surface area contributed by atoms with Crippen LogP contribution < -0.4 is 5.32 Å². The molecule has 3 nitrogen and oxygen atoms in total. The first kappa shape index (κ1) is 17.3. The number of rotatable bonds is 4. The third kappa shape index (κ3) is 2.80. The standard InChI is InChI=1S/C24H23NO2/c1-17(2)27-23(26)24(19-13-7-4-8-14-19)20-15-9-10-16-21(20)25-22(24)18-11-5-3-6-12-18/h3-17,22,25H,1-2H3/t22-,24-/m1/s1. The minimum atomic E-state index is -0.941. The molecule has 0 aromatic heterocycles. The number of nitrogens with one attached hydrogen (secondary N) is 1. The maximum absolute atomic E-state index is 13.7. The molecule has 0 aliphatic carbocycles. The fourth-order valence-electron chi connectivity index (χ4n) is 4.03. The van der Waals surface area contributed by atoms with Crippen molar-refractivity contribution in [2.75, 3.05) is 5.32 Å². The van der Waals surface area contributed by atoms with Gasteiger partial charge < -0.3 is 10.1 Å². The second-order valence-electron chi connectivity index (χ2n) is 7.16. The Bertz CT molecular complexity index is 937. The highest BCUT2D eigenvalue weighted by atomic mass is 16.5. The Balaban J connectivity index is 2.01. The van der Waals surface area contributed by atoms with Crippen molar-refractivity contribution in [1.82, 2.24) is 0 Å². The zero-order valence-electron chi connectivity index (χ0n) is 15.6. The molecule has 0 fully saturated rings. The summed E-state index contributed by atoms with van der Waals surface area (Å²) in [6.07, 6.45) is -0.192. The van der Waals surface area contributed by atoms with Gasteiger partial charge in [0.25, 0.3) is 0 Å². The summed E-state index contributed by atoms with van der Waals surface area (Å²) >= 11 is 0. The molecule has 0 unspecified atom stereocenters. The molecule has 0 amide bonds. The average molecular weight is 357 g/mol. The van der Waals surface area contributed by atoms with Crippen LogP contribution in [0.5, 0.6) is 0 Å². The summed E-state index contributed by atoms with van der Waals surface area (Å²) in [5.74, 6) is -0.227. The Labute approximate surface area is 160 Å². The number of para-hydroxylation sites is 1. The van der Waals surface area contributed by atoms with Gasteiger partial charge in [0.15, 0.2) is 0 Å². The lowest BCUT2D eigenvalue weighted by molar-refractivity contribution is -0.153. The van der Waals surface area contributed by atoms with E-state index in [1.165, 1.54) is 0 Å². The van der Waals surface area contributed by atoms with Gasteiger partial charge in [-0.1, -0.05) is 78.9 Å². The van der Waals surface area contributed by atoms with Crippen molar-refractivity contribution >= 4 is 11.7 Å². The van der Waals surface area contributed by atoms with E-state index in [4.69, 9.17) is 4.74 Å². The van der Waals surface area contributed by atoms with E-state index >= 15 is 0 Å². The minimum absolute atomic E-state index is 0.192. The van der Waals surface area contributed by atoms with Gasteiger partial charge in [-0.15, -0.1) is 0 Å². The van der Waals surface area contributed by atoms with Gasteiger partial charge in [0, 0.05) is 5.69 Å². The number of carbonyl (C=O) groups is 1. The third-order valence-corrected chi connectivity index (χ3v) is 5.11. The molecule has 0 saturated heterocycles. The van der Waals surface area contributed by atoms with Crippen LogP contribution in [-0.2, 0) is 14.9 Å². The number of esters is 1. The van der Waals surface area contributed by atoms with Crippen molar-refractivity contribution < 1.29 is 9.53 Å². The molecule has 0 spiro atoms. The number of anilines is 1. The molecule has 27 heavy (non-hydrogen) atoms. The van der Waals surface area contributed by atoms with Crippen molar-refractivity contribution in [2.24, 2.45) is 0 Å². The number of benzene rings is 3. The quantitative estimate of drug-likeness (QED) is 0.661. The Kier molecular flexibility index (Phi) is 4.44. The summed E-state index contributed by atoms with van der Waals surface area (Å²) in [6.45, 7) is 3.78. The van der Waals surface area contributed by atoms with Crippen LogP contribution >= 0.6 is 0 Å². The van der Waals surface area contributed by atoms with Gasteiger partial charge in [-0.3, -0.25) is 4.79 Å². The first-order valence-electron chi connectivity index (χ1n) is 9.31. The molecular formula is C24H23NO2. The zero-order valence-corrected chi connectivity index (χ0v) is 15.6. The van der Waals surface area contributed by atoms with Crippen LogP contribution in [0.25, 0.3) is 0 Å². The van der Waals surface area contributed by atoms with Gasteiger partial charge in [0.05, 0.1) is 12.1 Å². The smallest absolute Gasteiger partial charge is 0.323 e. The van der Waals surface area contributed by atoms with Gasteiger partial charge in [0.1, 0.15) is 5.41 Å². The van der Waals surface area contributed by atoms with Crippen LogP contribution in [-0.4, -0.2) is 12.1 Å². The van der Waals surface area contributed by atoms with E-state index in [1.54, 1.807) is 0 Å². The molecule has 136 valence electrons. The first-order chi connectivity index (χ1) is 13.1. The molecule has 0 bridgehead atoms. The highest BCUT2D eigenvalue weighted by Crippen LogP contribution is 2.53. The zero-order chi connectivity index (χ0) is 18.9. The SMILES string of the molecule is CC(C)OC(=O)[C@]1(c2ccccc2)c2ccccc2N[C@@H]1c1ccccc1. The number of hydrogen-bond donors (Lipinski definition) is 1. The molecular weight excluding hydrogens is 334 g/mol. The number of hydrogen-bond acceptors (Lipinski definition) is 3. The predicted octanol–water partition coefficient (Wildman–Crippen LogP) is 5.09. The van der Waals surface area contributed by atoms with E-state index < -0.39 is 5.41 Å². The molecule has 1 N–H and O–H groups in total. The Morgan fingerprint density at radius 3 is 2.15 bits per heavy atom. The lowest BCUT2D eigenvalue weighted by Gasteiger charge is -2.35. The van der Waals surface area contributed by atoms with E-state index in [2.05, 4.69) is 17.4 Å². The molecule has 3 aromatic rings. The monoisotopic (exact) mass is 357 g/mol. The van der Waals surface area contributed by atoms with E-state index in [0.29, 0.717) is 0 Å².